The Morgan fingerprint density at radius 3 is 3.05 bits per heavy atom. The van der Waals surface area contributed by atoms with Crippen molar-refractivity contribution in [3.63, 3.8) is 0 Å². The van der Waals surface area contributed by atoms with Crippen molar-refractivity contribution in [2.24, 2.45) is 0 Å². The fraction of sp³-hybridized carbons (Fsp3) is 0.467. The highest BCUT2D eigenvalue weighted by Crippen LogP contribution is 2.34. The van der Waals surface area contributed by atoms with Gasteiger partial charge in [0.05, 0.1) is 13.0 Å². The minimum Gasteiger partial charge on any atom is -0.497 e. The van der Waals surface area contributed by atoms with Gasteiger partial charge in [-0.25, -0.2) is 0 Å². The molecule has 2 aromatic rings. The first-order valence-corrected chi connectivity index (χ1v) is 6.97. The van der Waals surface area contributed by atoms with Gasteiger partial charge in [-0.2, -0.15) is 4.98 Å². The summed E-state index contributed by atoms with van der Waals surface area (Å²) >= 11 is 0. The van der Waals surface area contributed by atoms with Gasteiger partial charge in [0, 0.05) is 11.6 Å². The Bertz CT molecular complexity index is 582. The molecule has 1 aromatic carbocycles. The second-order valence-electron chi connectivity index (χ2n) is 5.12. The predicted molar refractivity (Wildman–Crippen MR) is 75.7 cm³/mol. The van der Waals surface area contributed by atoms with Crippen LogP contribution in [0.2, 0.25) is 0 Å². The summed E-state index contributed by atoms with van der Waals surface area (Å²) in [4.78, 5) is 4.56. The Morgan fingerprint density at radius 2 is 2.25 bits per heavy atom. The van der Waals surface area contributed by atoms with Crippen LogP contribution in [0.5, 0.6) is 5.75 Å². The van der Waals surface area contributed by atoms with Crippen LogP contribution in [0.1, 0.15) is 31.1 Å². The molecule has 2 unspecified atom stereocenters. The molecule has 0 bridgehead atoms. The summed E-state index contributed by atoms with van der Waals surface area (Å²) in [7, 11) is 3.64. The van der Waals surface area contributed by atoms with E-state index in [1.54, 1.807) is 7.11 Å². The summed E-state index contributed by atoms with van der Waals surface area (Å²) in [5, 5.41) is 7.44. The number of ether oxygens (including phenoxy) is 1. The smallest absolute Gasteiger partial charge is 0.231 e. The van der Waals surface area contributed by atoms with E-state index in [1.807, 2.05) is 31.3 Å². The molecule has 0 aliphatic heterocycles. The van der Waals surface area contributed by atoms with Crippen LogP contribution in [0.25, 0.3) is 11.4 Å². The van der Waals surface area contributed by atoms with Gasteiger partial charge in [-0.3, -0.25) is 0 Å². The lowest BCUT2D eigenvalue weighted by molar-refractivity contribution is 0.335. The SMILES string of the molecule is CNC1CCCC1c1nc(-c2cccc(OC)c2)no1. The number of aromatic nitrogens is 2. The van der Waals surface area contributed by atoms with Crippen LogP contribution in [0.3, 0.4) is 0 Å². The second-order valence-corrected chi connectivity index (χ2v) is 5.12. The van der Waals surface area contributed by atoms with Crippen LogP contribution in [0, 0.1) is 0 Å². The molecular formula is C15H19N3O2. The third-order valence-corrected chi connectivity index (χ3v) is 3.97. The molecule has 1 saturated carbocycles. The molecule has 1 aromatic heterocycles. The van der Waals surface area contributed by atoms with Crippen molar-refractivity contribution in [2.45, 2.75) is 31.2 Å². The van der Waals surface area contributed by atoms with Crippen molar-refractivity contribution in [3.05, 3.63) is 30.2 Å². The largest absolute Gasteiger partial charge is 0.497 e. The van der Waals surface area contributed by atoms with Crippen LogP contribution >= 0.6 is 0 Å². The van der Waals surface area contributed by atoms with Crippen molar-refractivity contribution >= 4 is 0 Å². The van der Waals surface area contributed by atoms with Gasteiger partial charge in [0.2, 0.25) is 11.7 Å². The van der Waals surface area contributed by atoms with Crippen molar-refractivity contribution in [2.75, 3.05) is 14.2 Å². The minimum absolute atomic E-state index is 0.326. The molecule has 1 heterocycles. The maximum absolute atomic E-state index is 5.47. The number of nitrogens with one attached hydrogen (secondary N) is 1. The molecule has 1 N–H and O–H groups in total. The normalized spacial score (nSPS) is 22.1. The van der Waals surface area contributed by atoms with E-state index in [1.165, 1.54) is 6.42 Å². The Hall–Kier alpha value is -1.88. The van der Waals surface area contributed by atoms with E-state index < -0.39 is 0 Å². The molecule has 1 fully saturated rings. The Kier molecular flexibility index (Phi) is 3.69. The third kappa shape index (κ3) is 2.41. The van der Waals surface area contributed by atoms with Gasteiger partial charge in [-0.1, -0.05) is 23.7 Å². The number of hydrogen-bond acceptors (Lipinski definition) is 5. The molecule has 5 nitrogen and oxygen atoms in total. The molecule has 3 rings (SSSR count). The summed E-state index contributed by atoms with van der Waals surface area (Å²) in [6.07, 6.45) is 3.47. The van der Waals surface area contributed by atoms with E-state index in [0.29, 0.717) is 17.8 Å². The van der Waals surface area contributed by atoms with E-state index >= 15 is 0 Å². The lowest BCUT2D eigenvalue weighted by Gasteiger charge is -2.14. The van der Waals surface area contributed by atoms with Crippen molar-refractivity contribution in [1.82, 2.24) is 15.5 Å². The number of hydrogen-bond donors (Lipinski definition) is 1. The molecule has 2 atom stereocenters. The third-order valence-electron chi connectivity index (χ3n) is 3.97. The van der Waals surface area contributed by atoms with E-state index in [2.05, 4.69) is 15.5 Å². The number of methoxy groups -OCH3 is 1. The van der Waals surface area contributed by atoms with Crippen molar-refractivity contribution in [1.29, 1.82) is 0 Å². The lowest BCUT2D eigenvalue weighted by Crippen LogP contribution is -2.27. The lowest BCUT2D eigenvalue weighted by atomic mass is 10.0. The van der Waals surface area contributed by atoms with Gasteiger partial charge in [-0.15, -0.1) is 0 Å². The molecule has 1 aliphatic rings. The highest BCUT2D eigenvalue weighted by Gasteiger charge is 2.31. The molecule has 5 heteroatoms. The van der Waals surface area contributed by atoms with Gasteiger partial charge in [0.25, 0.3) is 0 Å². The number of rotatable bonds is 4. The quantitative estimate of drug-likeness (QED) is 0.927. The molecule has 0 spiro atoms. The average Bonchev–Trinajstić information content (AvgIpc) is 3.15. The molecule has 0 amide bonds. The highest BCUT2D eigenvalue weighted by atomic mass is 16.5. The maximum atomic E-state index is 5.47. The zero-order valence-corrected chi connectivity index (χ0v) is 11.8. The molecule has 0 radical (unpaired) electrons. The maximum Gasteiger partial charge on any atom is 0.231 e. The summed E-state index contributed by atoms with van der Waals surface area (Å²) < 4.78 is 10.7. The van der Waals surface area contributed by atoms with Gasteiger partial charge < -0.3 is 14.6 Å². The summed E-state index contributed by atoms with van der Waals surface area (Å²) in [5.41, 5.74) is 0.915. The van der Waals surface area contributed by atoms with Gasteiger partial charge in [0.1, 0.15) is 5.75 Å². The van der Waals surface area contributed by atoms with E-state index in [4.69, 9.17) is 9.26 Å². The topological polar surface area (TPSA) is 60.2 Å². The van der Waals surface area contributed by atoms with Crippen molar-refractivity contribution < 1.29 is 9.26 Å². The first-order chi connectivity index (χ1) is 9.81. The zero-order chi connectivity index (χ0) is 13.9. The fourth-order valence-corrected chi connectivity index (χ4v) is 2.87. The fourth-order valence-electron chi connectivity index (χ4n) is 2.87. The summed E-state index contributed by atoms with van der Waals surface area (Å²) in [6.45, 7) is 0. The van der Waals surface area contributed by atoms with Crippen LogP contribution in [-0.2, 0) is 0 Å². The monoisotopic (exact) mass is 273 g/mol. The Balaban J connectivity index is 1.86. The summed E-state index contributed by atoms with van der Waals surface area (Å²) in [6, 6.07) is 8.14. The molecule has 0 saturated heterocycles. The van der Waals surface area contributed by atoms with Crippen LogP contribution in [0.4, 0.5) is 0 Å². The van der Waals surface area contributed by atoms with Gasteiger partial charge in [0.15, 0.2) is 0 Å². The Morgan fingerprint density at radius 1 is 1.35 bits per heavy atom. The number of likely N-dealkylation sites (N-methyl/N-ethyl adjacent to an activating group) is 1. The second kappa shape index (κ2) is 5.63. The zero-order valence-electron chi connectivity index (χ0n) is 11.8. The molecule has 106 valence electrons. The number of benzene rings is 1. The highest BCUT2D eigenvalue weighted by molar-refractivity contribution is 5.56. The van der Waals surface area contributed by atoms with E-state index in [0.717, 1.165) is 30.0 Å². The first kappa shape index (κ1) is 13.1. The van der Waals surface area contributed by atoms with E-state index in [9.17, 15) is 0 Å². The van der Waals surface area contributed by atoms with Crippen LogP contribution in [-0.4, -0.2) is 30.3 Å². The standard InChI is InChI=1S/C15H19N3O2/c1-16-13-8-4-7-12(13)15-17-14(18-20-15)10-5-3-6-11(9-10)19-2/h3,5-6,9,12-13,16H,4,7-8H2,1-2H3. The molecule has 1 aliphatic carbocycles. The van der Waals surface area contributed by atoms with E-state index in [-0.39, 0.29) is 0 Å². The van der Waals surface area contributed by atoms with Gasteiger partial charge >= 0.3 is 0 Å². The minimum atomic E-state index is 0.326. The Labute approximate surface area is 118 Å². The molecular weight excluding hydrogens is 254 g/mol. The van der Waals surface area contributed by atoms with Crippen LogP contribution in [0.15, 0.2) is 28.8 Å². The summed E-state index contributed by atoms with van der Waals surface area (Å²) in [5.74, 6) is 2.48. The van der Waals surface area contributed by atoms with Crippen LogP contribution < -0.4 is 10.1 Å². The first-order valence-electron chi connectivity index (χ1n) is 6.97. The average molecular weight is 273 g/mol. The predicted octanol–water partition coefficient (Wildman–Crippen LogP) is 2.60. The van der Waals surface area contributed by atoms with Crippen molar-refractivity contribution in [3.8, 4) is 17.1 Å². The van der Waals surface area contributed by atoms with Gasteiger partial charge in [-0.05, 0) is 32.0 Å². The molecule has 20 heavy (non-hydrogen) atoms. The number of nitrogens with zero attached hydrogens (tertiary/aromatic N) is 2.